The van der Waals surface area contributed by atoms with Crippen molar-refractivity contribution in [2.75, 3.05) is 19.6 Å². The molecule has 0 aromatic carbocycles. The highest BCUT2D eigenvalue weighted by Crippen LogP contribution is 2.45. The molecule has 1 aliphatic carbocycles. The van der Waals surface area contributed by atoms with Crippen molar-refractivity contribution in [1.29, 1.82) is 0 Å². The predicted octanol–water partition coefficient (Wildman–Crippen LogP) is 3.28. The molecule has 1 aliphatic heterocycles. The zero-order valence-corrected chi connectivity index (χ0v) is 13.3. The van der Waals surface area contributed by atoms with E-state index in [0.29, 0.717) is 11.0 Å². The molecule has 0 aromatic heterocycles. The van der Waals surface area contributed by atoms with Gasteiger partial charge in [0.15, 0.2) is 0 Å². The molecule has 1 saturated heterocycles. The van der Waals surface area contributed by atoms with E-state index in [-0.39, 0.29) is 5.54 Å². The number of hydrogen-bond donors (Lipinski definition) is 1. The number of rotatable bonds is 3. The van der Waals surface area contributed by atoms with Gasteiger partial charge in [-0.25, -0.2) is 0 Å². The van der Waals surface area contributed by atoms with Crippen molar-refractivity contribution in [3.8, 4) is 0 Å². The Morgan fingerprint density at radius 2 is 1.78 bits per heavy atom. The lowest BCUT2D eigenvalue weighted by atomic mass is 9.84. The van der Waals surface area contributed by atoms with Gasteiger partial charge in [0, 0.05) is 24.2 Å². The highest BCUT2D eigenvalue weighted by atomic mass is 15.3. The Hall–Kier alpha value is -0.0800. The third kappa shape index (κ3) is 3.27. The highest BCUT2D eigenvalue weighted by molar-refractivity contribution is 5.07. The van der Waals surface area contributed by atoms with Crippen LogP contribution in [0.1, 0.15) is 60.8 Å². The van der Waals surface area contributed by atoms with E-state index in [0.717, 1.165) is 12.5 Å². The fourth-order valence-electron chi connectivity index (χ4n) is 3.16. The molecule has 0 amide bonds. The maximum Gasteiger partial charge on any atom is 0.0334 e. The summed E-state index contributed by atoms with van der Waals surface area (Å²) in [6, 6.07) is 0. The third-order valence-electron chi connectivity index (χ3n) is 4.82. The lowest BCUT2D eigenvalue weighted by Crippen LogP contribution is -2.68. The average molecular weight is 252 g/mol. The summed E-state index contributed by atoms with van der Waals surface area (Å²) in [5, 5.41) is 3.76. The van der Waals surface area contributed by atoms with E-state index in [1.165, 1.54) is 32.4 Å². The van der Waals surface area contributed by atoms with Crippen LogP contribution in [0.15, 0.2) is 0 Å². The summed E-state index contributed by atoms with van der Waals surface area (Å²) in [5.41, 5.74) is 1.12. The fourth-order valence-corrected chi connectivity index (χ4v) is 3.16. The van der Waals surface area contributed by atoms with Crippen LogP contribution in [0.25, 0.3) is 0 Å². The first-order chi connectivity index (χ1) is 8.12. The molecule has 1 unspecified atom stereocenters. The Labute approximate surface area is 114 Å². The largest absolute Gasteiger partial charge is 0.309 e. The van der Waals surface area contributed by atoms with Gasteiger partial charge >= 0.3 is 0 Å². The zero-order chi connectivity index (χ0) is 13.6. The van der Waals surface area contributed by atoms with E-state index in [4.69, 9.17) is 0 Å². The monoisotopic (exact) mass is 252 g/mol. The second kappa shape index (κ2) is 4.49. The quantitative estimate of drug-likeness (QED) is 0.829. The lowest BCUT2D eigenvalue weighted by molar-refractivity contribution is 0.00500. The topological polar surface area (TPSA) is 15.3 Å². The fraction of sp³-hybridized carbons (Fsp3) is 1.00. The Bertz CT molecular complexity index is 299. The molecule has 2 fully saturated rings. The van der Waals surface area contributed by atoms with Crippen LogP contribution in [-0.4, -0.2) is 35.6 Å². The second-order valence-corrected chi connectivity index (χ2v) is 8.60. The second-order valence-electron chi connectivity index (χ2n) is 8.60. The van der Waals surface area contributed by atoms with Crippen LogP contribution < -0.4 is 5.32 Å². The molecular formula is C16H32N2. The standard InChI is InChI=1S/C16H32N2/c1-14(2,3)9-10-18-12-15(4,5)17-11-16(18,6)13-7-8-13/h13,17H,7-12H2,1-6H3. The first kappa shape index (κ1) is 14.3. The number of hydrogen-bond acceptors (Lipinski definition) is 2. The first-order valence-corrected chi connectivity index (χ1v) is 7.63. The molecule has 1 N–H and O–H groups in total. The summed E-state index contributed by atoms with van der Waals surface area (Å²) in [6.45, 7) is 17.8. The van der Waals surface area contributed by atoms with Crippen molar-refractivity contribution >= 4 is 0 Å². The summed E-state index contributed by atoms with van der Waals surface area (Å²) < 4.78 is 0. The van der Waals surface area contributed by atoms with Crippen molar-refractivity contribution in [3.63, 3.8) is 0 Å². The highest BCUT2D eigenvalue weighted by Gasteiger charge is 2.49. The molecule has 0 aromatic rings. The number of nitrogens with one attached hydrogen (secondary N) is 1. The smallest absolute Gasteiger partial charge is 0.0334 e. The molecule has 0 radical (unpaired) electrons. The third-order valence-corrected chi connectivity index (χ3v) is 4.82. The van der Waals surface area contributed by atoms with Gasteiger partial charge in [-0.1, -0.05) is 20.8 Å². The molecule has 1 heterocycles. The maximum absolute atomic E-state index is 3.76. The molecule has 2 aliphatic rings. The van der Waals surface area contributed by atoms with Crippen LogP contribution in [-0.2, 0) is 0 Å². The van der Waals surface area contributed by atoms with E-state index in [1.54, 1.807) is 0 Å². The molecular weight excluding hydrogens is 220 g/mol. The molecule has 0 bridgehead atoms. The van der Waals surface area contributed by atoms with Crippen LogP contribution in [0, 0.1) is 11.3 Å². The average Bonchev–Trinajstić information content (AvgIpc) is 3.02. The van der Waals surface area contributed by atoms with Gasteiger partial charge in [-0.05, 0) is 57.9 Å². The summed E-state index contributed by atoms with van der Waals surface area (Å²) in [7, 11) is 0. The molecule has 1 saturated carbocycles. The minimum Gasteiger partial charge on any atom is -0.309 e. The lowest BCUT2D eigenvalue weighted by Gasteiger charge is -2.52. The van der Waals surface area contributed by atoms with E-state index in [1.807, 2.05) is 0 Å². The van der Waals surface area contributed by atoms with Crippen LogP contribution in [0.2, 0.25) is 0 Å². The molecule has 2 heteroatoms. The summed E-state index contributed by atoms with van der Waals surface area (Å²) in [6.07, 6.45) is 4.17. The van der Waals surface area contributed by atoms with Gasteiger partial charge in [0.2, 0.25) is 0 Å². The molecule has 1 atom stereocenters. The maximum atomic E-state index is 3.76. The van der Waals surface area contributed by atoms with Gasteiger partial charge in [0.1, 0.15) is 0 Å². The van der Waals surface area contributed by atoms with Gasteiger partial charge in [-0.15, -0.1) is 0 Å². The van der Waals surface area contributed by atoms with E-state index >= 15 is 0 Å². The zero-order valence-electron chi connectivity index (χ0n) is 13.3. The Morgan fingerprint density at radius 1 is 1.17 bits per heavy atom. The summed E-state index contributed by atoms with van der Waals surface area (Å²) in [4.78, 5) is 2.78. The van der Waals surface area contributed by atoms with Crippen molar-refractivity contribution < 1.29 is 0 Å². The summed E-state index contributed by atoms with van der Waals surface area (Å²) >= 11 is 0. The minimum absolute atomic E-state index is 0.270. The van der Waals surface area contributed by atoms with E-state index in [2.05, 4.69) is 51.8 Å². The summed E-state index contributed by atoms with van der Waals surface area (Å²) in [5.74, 6) is 0.932. The normalized spacial score (nSPS) is 33.7. The van der Waals surface area contributed by atoms with Crippen molar-refractivity contribution in [1.82, 2.24) is 10.2 Å². The van der Waals surface area contributed by atoms with E-state index in [9.17, 15) is 0 Å². The minimum atomic E-state index is 0.270. The first-order valence-electron chi connectivity index (χ1n) is 7.63. The van der Waals surface area contributed by atoms with Gasteiger partial charge in [-0.3, -0.25) is 4.90 Å². The number of piperazine rings is 1. The van der Waals surface area contributed by atoms with Gasteiger partial charge in [0.25, 0.3) is 0 Å². The van der Waals surface area contributed by atoms with Gasteiger partial charge in [0.05, 0.1) is 0 Å². The van der Waals surface area contributed by atoms with Crippen molar-refractivity contribution in [3.05, 3.63) is 0 Å². The van der Waals surface area contributed by atoms with Crippen molar-refractivity contribution in [2.45, 2.75) is 71.9 Å². The molecule has 0 spiro atoms. The Kier molecular flexibility index (Phi) is 3.57. The molecule has 2 nitrogen and oxygen atoms in total. The van der Waals surface area contributed by atoms with Gasteiger partial charge in [-0.2, -0.15) is 0 Å². The van der Waals surface area contributed by atoms with Crippen molar-refractivity contribution in [2.24, 2.45) is 11.3 Å². The van der Waals surface area contributed by atoms with Crippen LogP contribution in [0.5, 0.6) is 0 Å². The SMILES string of the molecule is CC(C)(C)CCN1CC(C)(C)NCC1(C)C1CC1. The van der Waals surface area contributed by atoms with Crippen LogP contribution in [0.3, 0.4) is 0 Å². The Balaban J connectivity index is 2.05. The molecule has 106 valence electrons. The Morgan fingerprint density at radius 3 is 2.28 bits per heavy atom. The number of nitrogens with zero attached hydrogens (tertiary/aromatic N) is 1. The molecule has 2 rings (SSSR count). The van der Waals surface area contributed by atoms with Gasteiger partial charge < -0.3 is 5.32 Å². The molecule has 18 heavy (non-hydrogen) atoms. The van der Waals surface area contributed by atoms with Crippen LogP contribution in [0.4, 0.5) is 0 Å². The predicted molar refractivity (Wildman–Crippen MR) is 78.9 cm³/mol. The van der Waals surface area contributed by atoms with Crippen LogP contribution >= 0.6 is 0 Å². The van der Waals surface area contributed by atoms with E-state index < -0.39 is 0 Å².